The molecule has 4 rings (SSSR count). The van der Waals surface area contributed by atoms with Crippen molar-refractivity contribution in [2.24, 2.45) is 0 Å². The number of fused-ring (bicyclic) bond motifs is 2. The first-order valence-electron chi connectivity index (χ1n) is 8.95. The van der Waals surface area contributed by atoms with Gasteiger partial charge in [0, 0.05) is 6.07 Å². The van der Waals surface area contributed by atoms with E-state index in [1.807, 2.05) is 12.1 Å². The first-order valence-corrected chi connectivity index (χ1v) is 8.95. The highest BCUT2D eigenvalue weighted by molar-refractivity contribution is 5.84. The average molecular weight is 412 g/mol. The van der Waals surface area contributed by atoms with Crippen LogP contribution < -0.4 is 14.9 Å². The third-order valence-corrected chi connectivity index (χ3v) is 4.39. The zero-order valence-corrected chi connectivity index (χ0v) is 15.5. The summed E-state index contributed by atoms with van der Waals surface area (Å²) in [6, 6.07) is 16.1. The molecular formula is C23H15F3O4. The number of halogens is 3. The summed E-state index contributed by atoms with van der Waals surface area (Å²) in [6.07, 6.45) is -3.44. The predicted octanol–water partition coefficient (Wildman–Crippen LogP) is 6.32. The van der Waals surface area contributed by atoms with Gasteiger partial charge >= 0.3 is 6.18 Å². The van der Waals surface area contributed by atoms with Crippen molar-refractivity contribution in [3.8, 4) is 17.2 Å². The Labute approximate surface area is 168 Å². The lowest BCUT2D eigenvalue weighted by atomic mass is 10.1. The van der Waals surface area contributed by atoms with Gasteiger partial charge in [0.05, 0.1) is 5.39 Å². The largest absolute Gasteiger partial charge is 0.489 e. The fourth-order valence-electron chi connectivity index (χ4n) is 3.03. The molecule has 0 fully saturated rings. The Morgan fingerprint density at radius 1 is 0.967 bits per heavy atom. The van der Waals surface area contributed by atoms with Crippen molar-refractivity contribution in [2.75, 3.05) is 6.61 Å². The summed E-state index contributed by atoms with van der Waals surface area (Å²) in [7, 11) is 0. The summed E-state index contributed by atoms with van der Waals surface area (Å²) >= 11 is 0. The zero-order chi connectivity index (χ0) is 21.3. The monoisotopic (exact) mass is 412 g/mol. The Kier molecular flexibility index (Phi) is 4.95. The maximum Gasteiger partial charge on any atom is 0.453 e. The van der Waals surface area contributed by atoms with Gasteiger partial charge in [0.15, 0.2) is 0 Å². The molecule has 7 heteroatoms. The van der Waals surface area contributed by atoms with E-state index in [1.165, 1.54) is 30.3 Å². The molecule has 1 heterocycles. The van der Waals surface area contributed by atoms with Crippen LogP contribution in [-0.4, -0.2) is 6.61 Å². The van der Waals surface area contributed by atoms with Gasteiger partial charge in [-0.05, 0) is 35.0 Å². The van der Waals surface area contributed by atoms with Gasteiger partial charge in [0.25, 0.3) is 5.76 Å². The van der Waals surface area contributed by atoms with Gasteiger partial charge in [0.2, 0.25) is 11.2 Å². The molecule has 1 aromatic heterocycles. The zero-order valence-electron chi connectivity index (χ0n) is 15.5. The van der Waals surface area contributed by atoms with E-state index in [-0.39, 0.29) is 29.1 Å². The first-order chi connectivity index (χ1) is 14.4. The molecular weight excluding hydrogens is 397 g/mol. The molecule has 0 spiro atoms. The molecule has 0 radical (unpaired) electrons. The Hall–Kier alpha value is -3.74. The summed E-state index contributed by atoms with van der Waals surface area (Å²) in [4.78, 5) is 12.8. The predicted molar refractivity (Wildman–Crippen MR) is 107 cm³/mol. The molecule has 0 bridgehead atoms. The van der Waals surface area contributed by atoms with E-state index in [2.05, 4.69) is 6.58 Å². The van der Waals surface area contributed by atoms with Gasteiger partial charge in [-0.15, -0.1) is 0 Å². The van der Waals surface area contributed by atoms with Crippen molar-refractivity contribution in [2.45, 2.75) is 6.18 Å². The molecule has 0 saturated carbocycles. The number of benzene rings is 3. The lowest BCUT2D eigenvalue weighted by Gasteiger charge is -2.14. The topological polar surface area (TPSA) is 48.7 Å². The smallest absolute Gasteiger partial charge is 0.453 e. The molecule has 152 valence electrons. The fourth-order valence-corrected chi connectivity index (χ4v) is 3.03. The van der Waals surface area contributed by atoms with Crippen molar-refractivity contribution in [3.05, 3.63) is 89.3 Å². The summed E-state index contributed by atoms with van der Waals surface area (Å²) < 4.78 is 56.7. The second kappa shape index (κ2) is 7.59. The van der Waals surface area contributed by atoms with Gasteiger partial charge in [-0.25, -0.2) is 0 Å². The Morgan fingerprint density at radius 2 is 1.70 bits per heavy atom. The minimum atomic E-state index is -4.93. The SMILES string of the molecule is C=CCOc1ccc2c(=O)c(Oc3ccc4ccccc4c3)c(C(F)(F)F)oc2c1. The van der Waals surface area contributed by atoms with Crippen LogP contribution in [0.3, 0.4) is 0 Å². The van der Waals surface area contributed by atoms with Crippen molar-refractivity contribution >= 4 is 21.7 Å². The molecule has 4 nitrogen and oxygen atoms in total. The molecule has 3 aromatic carbocycles. The normalized spacial score (nSPS) is 11.6. The standard InChI is InChI=1S/C23H15F3O4/c1-2-11-28-16-9-10-18-19(13-16)30-22(23(24,25)26)21(20(18)27)29-17-8-7-14-5-3-4-6-15(14)12-17/h2-10,12-13H,1,11H2. The van der Waals surface area contributed by atoms with Crippen LogP contribution in [0.4, 0.5) is 13.2 Å². The van der Waals surface area contributed by atoms with Crippen molar-refractivity contribution in [1.29, 1.82) is 0 Å². The summed E-state index contributed by atoms with van der Waals surface area (Å²) in [5.41, 5.74) is -1.17. The van der Waals surface area contributed by atoms with Crippen LogP contribution in [0.25, 0.3) is 21.7 Å². The van der Waals surface area contributed by atoms with E-state index in [9.17, 15) is 18.0 Å². The van der Waals surface area contributed by atoms with Gasteiger partial charge in [-0.1, -0.05) is 43.0 Å². The fraction of sp³-hybridized carbons (Fsp3) is 0.0870. The number of alkyl halides is 3. The molecule has 30 heavy (non-hydrogen) atoms. The first kappa shape index (κ1) is 19.6. The number of ether oxygens (including phenoxy) is 2. The van der Waals surface area contributed by atoms with Crippen molar-refractivity contribution < 1.29 is 27.1 Å². The summed E-state index contributed by atoms with van der Waals surface area (Å²) in [6.45, 7) is 3.66. The molecule has 0 N–H and O–H groups in total. The summed E-state index contributed by atoms with van der Waals surface area (Å²) in [5, 5.41) is 1.60. The van der Waals surface area contributed by atoms with E-state index in [0.29, 0.717) is 0 Å². The van der Waals surface area contributed by atoms with Gasteiger partial charge < -0.3 is 13.9 Å². The quantitative estimate of drug-likeness (QED) is 0.360. The highest BCUT2D eigenvalue weighted by Gasteiger charge is 2.40. The minimum Gasteiger partial charge on any atom is -0.489 e. The van der Waals surface area contributed by atoms with Gasteiger partial charge in [0.1, 0.15) is 23.7 Å². The third-order valence-electron chi connectivity index (χ3n) is 4.39. The second-order valence-electron chi connectivity index (χ2n) is 6.46. The molecule has 0 aliphatic heterocycles. The molecule has 0 unspecified atom stereocenters. The lowest BCUT2D eigenvalue weighted by Crippen LogP contribution is -2.15. The van der Waals surface area contributed by atoms with Crippen LogP contribution in [-0.2, 0) is 6.18 Å². The van der Waals surface area contributed by atoms with Crippen molar-refractivity contribution in [1.82, 2.24) is 0 Å². The van der Waals surface area contributed by atoms with Crippen LogP contribution in [0.2, 0.25) is 0 Å². The molecule has 4 aromatic rings. The molecule has 0 saturated heterocycles. The Morgan fingerprint density at radius 3 is 2.43 bits per heavy atom. The average Bonchev–Trinajstić information content (AvgIpc) is 2.73. The molecule has 0 amide bonds. The van der Waals surface area contributed by atoms with E-state index >= 15 is 0 Å². The van der Waals surface area contributed by atoms with Crippen LogP contribution in [0, 0.1) is 0 Å². The molecule has 0 aliphatic carbocycles. The highest BCUT2D eigenvalue weighted by atomic mass is 19.4. The highest BCUT2D eigenvalue weighted by Crippen LogP contribution is 2.39. The minimum absolute atomic E-state index is 0.0512. The van der Waals surface area contributed by atoms with Gasteiger partial charge in [-0.3, -0.25) is 4.79 Å². The van der Waals surface area contributed by atoms with Crippen LogP contribution in [0.1, 0.15) is 5.76 Å². The van der Waals surface area contributed by atoms with E-state index in [1.54, 1.807) is 24.3 Å². The maximum atomic E-state index is 13.7. The maximum absolute atomic E-state index is 13.7. The molecule has 0 aliphatic rings. The van der Waals surface area contributed by atoms with E-state index in [0.717, 1.165) is 10.8 Å². The lowest BCUT2D eigenvalue weighted by molar-refractivity contribution is -0.154. The number of hydrogen-bond acceptors (Lipinski definition) is 4. The van der Waals surface area contributed by atoms with Crippen LogP contribution >= 0.6 is 0 Å². The number of rotatable bonds is 5. The third kappa shape index (κ3) is 3.74. The Balaban J connectivity index is 1.85. The molecule has 0 atom stereocenters. The van der Waals surface area contributed by atoms with Crippen molar-refractivity contribution in [3.63, 3.8) is 0 Å². The van der Waals surface area contributed by atoms with Gasteiger partial charge in [-0.2, -0.15) is 13.2 Å². The van der Waals surface area contributed by atoms with E-state index < -0.39 is 23.1 Å². The number of hydrogen-bond donors (Lipinski definition) is 0. The van der Waals surface area contributed by atoms with Crippen LogP contribution in [0.15, 0.2) is 82.5 Å². The van der Waals surface area contributed by atoms with E-state index in [4.69, 9.17) is 13.9 Å². The Bertz CT molecular complexity index is 1310. The second-order valence-corrected chi connectivity index (χ2v) is 6.46. The van der Waals surface area contributed by atoms with Crippen LogP contribution in [0.5, 0.6) is 17.2 Å². The summed E-state index contributed by atoms with van der Waals surface area (Å²) in [5.74, 6) is -2.07.